The summed E-state index contributed by atoms with van der Waals surface area (Å²) in [7, 11) is 3.27. The predicted octanol–water partition coefficient (Wildman–Crippen LogP) is 5.29. The Morgan fingerprint density at radius 1 is 0.950 bits per heavy atom. The summed E-state index contributed by atoms with van der Waals surface area (Å²) < 4.78 is 11.2. The molecular weight excluding hydrogens is 340 g/mol. The molecule has 0 N–H and O–H groups in total. The van der Waals surface area contributed by atoms with Gasteiger partial charge in [0, 0.05) is 0 Å². The molecule has 0 aliphatic carbocycles. The first-order valence-electron chi connectivity index (χ1n) is 5.99. The molecule has 0 heterocycles. The Bertz CT molecular complexity index is 621. The van der Waals surface area contributed by atoms with Crippen LogP contribution < -0.4 is 9.47 Å². The van der Waals surface area contributed by atoms with Gasteiger partial charge in [0.1, 0.15) is 11.5 Å². The number of benzene rings is 2. The van der Waals surface area contributed by atoms with Crippen molar-refractivity contribution in [1.29, 1.82) is 0 Å². The molecule has 0 fully saturated rings. The number of rotatable bonds is 4. The Balaban J connectivity index is 2.24. The Hall–Kier alpha value is -1.45. The lowest BCUT2D eigenvalue weighted by Gasteiger charge is -2.06. The third-order valence-corrected chi connectivity index (χ3v) is 4.17. The summed E-state index contributed by atoms with van der Waals surface area (Å²) in [6, 6.07) is 11.6. The molecular formula is C16H14BrClO2. The normalized spacial score (nSPS) is 10.8. The summed E-state index contributed by atoms with van der Waals surface area (Å²) in [6.45, 7) is 0. The average Bonchev–Trinajstić information content (AvgIpc) is 2.48. The summed E-state index contributed by atoms with van der Waals surface area (Å²) in [5.41, 5.74) is 2.06. The molecule has 0 spiro atoms. The molecule has 2 aromatic carbocycles. The van der Waals surface area contributed by atoms with Gasteiger partial charge in [-0.1, -0.05) is 35.9 Å². The van der Waals surface area contributed by atoms with E-state index >= 15 is 0 Å². The molecule has 0 aromatic heterocycles. The maximum Gasteiger partial charge on any atom is 0.135 e. The summed E-state index contributed by atoms with van der Waals surface area (Å²) in [5.74, 6) is 1.56. The zero-order valence-electron chi connectivity index (χ0n) is 11.2. The predicted molar refractivity (Wildman–Crippen MR) is 87.6 cm³/mol. The van der Waals surface area contributed by atoms with Crippen LogP contribution in [0.15, 0.2) is 40.9 Å². The second-order valence-electron chi connectivity index (χ2n) is 4.13. The van der Waals surface area contributed by atoms with Crippen LogP contribution in [0.3, 0.4) is 0 Å². The third kappa shape index (κ3) is 3.56. The van der Waals surface area contributed by atoms with E-state index in [4.69, 9.17) is 21.1 Å². The minimum Gasteiger partial charge on any atom is -0.497 e. The molecule has 0 radical (unpaired) electrons. The largest absolute Gasteiger partial charge is 0.497 e. The fourth-order valence-corrected chi connectivity index (χ4v) is 2.35. The van der Waals surface area contributed by atoms with E-state index in [2.05, 4.69) is 15.9 Å². The smallest absolute Gasteiger partial charge is 0.135 e. The first-order valence-corrected chi connectivity index (χ1v) is 7.16. The van der Waals surface area contributed by atoms with Crippen molar-refractivity contribution in [3.05, 3.63) is 57.0 Å². The molecule has 0 saturated carbocycles. The van der Waals surface area contributed by atoms with E-state index < -0.39 is 0 Å². The van der Waals surface area contributed by atoms with Crippen LogP contribution in [-0.2, 0) is 0 Å². The van der Waals surface area contributed by atoms with Crippen LogP contribution in [-0.4, -0.2) is 14.2 Å². The van der Waals surface area contributed by atoms with Crippen molar-refractivity contribution in [3.8, 4) is 11.5 Å². The van der Waals surface area contributed by atoms with Gasteiger partial charge in [-0.3, -0.25) is 0 Å². The molecule has 4 heteroatoms. The van der Waals surface area contributed by atoms with Gasteiger partial charge in [-0.25, -0.2) is 0 Å². The summed E-state index contributed by atoms with van der Waals surface area (Å²) in [4.78, 5) is 0. The van der Waals surface area contributed by atoms with Crippen molar-refractivity contribution in [1.82, 2.24) is 0 Å². The Labute approximate surface area is 132 Å². The van der Waals surface area contributed by atoms with Gasteiger partial charge in [0.25, 0.3) is 0 Å². The Morgan fingerprint density at radius 3 is 2.20 bits per heavy atom. The zero-order valence-corrected chi connectivity index (χ0v) is 13.5. The van der Waals surface area contributed by atoms with E-state index in [0.717, 1.165) is 21.3 Å². The highest BCUT2D eigenvalue weighted by Crippen LogP contribution is 2.34. The molecule has 0 atom stereocenters. The number of methoxy groups -OCH3 is 2. The van der Waals surface area contributed by atoms with Gasteiger partial charge in [0.05, 0.1) is 23.7 Å². The molecule has 0 saturated heterocycles. The van der Waals surface area contributed by atoms with Gasteiger partial charge in [-0.15, -0.1) is 0 Å². The summed E-state index contributed by atoms with van der Waals surface area (Å²) in [6.07, 6.45) is 4.00. The van der Waals surface area contributed by atoms with Crippen LogP contribution in [0.2, 0.25) is 5.02 Å². The third-order valence-electron chi connectivity index (χ3n) is 2.82. The Kier molecular flexibility index (Phi) is 5.10. The Morgan fingerprint density at radius 2 is 1.60 bits per heavy atom. The van der Waals surface area contributed by atoms with Gasteiger partial charge < -0.3 is 9.47 Å². The highest BCUT2D eigenvalue weighted by Gasteiger charge is 2.06. The number of halogens is 2. The zero-order chi connectivity index (χ0) is 14.5. The molecule has 0 unspecified atom stereocenters. The lowest BCUT2D eigenvalue weighted by molar-refractivity contribution is 0.412. The molecule has 0 aliphatic heterocycles. The van der Waals surface area contributed by atoms with Crippen LogP contribution >= 0.6 is 27.5 Å². The second kappa shape index (κ2) is 6.82. The number of hydrogen-bond acceptors (Lipinski definition) is 2. The highest BCUT2D eigenvalue weighted by molar-refractivity contribution is 9.10. The van der Waals surface area contributed by atoms with E-state index in [1.165, 1.54) is 0 Å². The quantitative estimate of drug-likeness (QED) is 0.695. The summed E-state index contributed by atoms with van der Waals surface area (Å²) >= 11 is 9.53. The minimum atomic E-state index is 0.624. The van der Waals surface area contributed by atoms with Gasteiger partial charge in [0.15, 0.2) is 0 Å². The molecule has 0 bridgehead atoms. The van der Waals surface area contributed by atoms with E-state index in [0.29, 0.717) is 10.8 Å². The molecule has 0 aliphatic rings. The lowest BCUT2D eigenvalue weighted by Crippen LogP contribution is -1.86. The SMILES string of the molecule is COc1ccc(/C=C/c2cc(Cl)c(Br)c(OC)c2)cc1. The van der Waals surface area contributed by atoms with Crippen LogP contribution in [0.5, 0.6) is 11.5 Å². The van der Waals surface area contributed by atoms with Crippen molar-refractivity contribution in [2.24, 2.45) is 0 Å². The molecule has 0 amide bonds. The van der Waals surface area contributed by atoms with Crippen molar-refractivity contribution < 1.29 is 9.47 Å². The van der Waals surface area contributed by atoms with Crippen LogP contribution in [0.1, 0.15) is 11.1 Å². The molecule has 2 aromatic rings. The number of ether oxygens (including phenoxy) is 2. The highest BCUT2D eigenvalue weighted by atomic mass is 79.9. The first-order chi connectivity index (χ1) is 9.63. The van der Waals surface area contributed by atoms with Crippen molar-refractivity contribution in [3.63, 3.8) is 0 Å². The second-order valence-corrected chi connectivity index (χ2v) is 5.33. The molecule has 2 rings (SSSR count). The van der Waals surface area contributed by atoms with Crippen LogP contribution in [0, 0.1) is 0 Å². The van der Waals surface area contributed by atoms with E-state index in [1.807, 2.05) is 48.6 Å². The van der Waals surface area contributed by atoms with Gasteiger partial charge in [0.2, 0.25) is 0 Å². The van der Waals surface area contributed by atoms with E-state index in [9.17, 15) is 0 Å². The molecule has 2 nitrogen and oxygen atoms in total. The van der Waals surface area contributed by atoms with Crippen LogP contribution in [0.25, 0.3) is 12.2 Å². The monoisotopic (exact) mass is 352 g/mol. The lowest BCUT2D eigenvalue weighted by atomic mass is 10.1. The van der Waals surface area contributed by atoms with Crippen LogP contribution in [0.4, 0.5) is 0 Å². The standard InChI is InChI=1S/C16H14BrClO2/c1-19-13-7-5-11(6-8-13)3-4-12-9-14(18)16(17)15(10-12)20-2/h3-10H,1-2H3/b4-3+. The molecule has 20 heavy (non-hydrogen) atoms. The molecule has 104 valence electrons. The summed E-state index contributed by atoms with van der Waals surface area (Å²) in [5, 5.41) is 0.624. The maximum absolute atomic E-state index is 6.14. The van der Waals surface area contributed by atoms with Crippen molar-refractivity contribution in [2.75, 3.05) is 14.2 Å². The fraction of sp³-hybridized carbons (Fsp3) is 0.125. The minimum absolute atomic E-state index is 0.624. The van der Waals surface area contributed by atoms with Crippen molar-refractivity contribution >= 4 is 39.7 Å². The maximum atomic E-state index is 6.14. The van der Waals surface area contributed by atoms with Gasteiger partial charge in [-0.2, -0.15) is 0 Å². The van der Waals surface area contributed by atoms with E-state index in [1.54, 1.807) is 14.2 Å². The fourth-order valence-electron chi connectivity index (χ4n) is 1.74. The first kappa shape index (κ1) is 14.9. The van der Waals surface area contributed by atoms with E-state index in [-0.39, 0.29) is 0 Å². The van der Waals surface area contributed by atoms with Gasteiger partial charge in [-0.05, 0) is 51.3 Å². The van der Waals surface area contributed by atoms with Crippen molar-refractivity contribution in [2.45, 2.75) is 0 Å². The van der Waals surface area contributed by atoms with Gasteiger partial charge >= 0.3 is 0 Å². The average molecular weight is 354 g/mol. The number of hydrogen-bond donors (Lipinski definition) is 0. The topological polar surface area (TPSA) is 18.5 Å².